The molecule has 1 aromatic rings. The first kappa shape index (κ1) is 12.4. The molecule has 0 bridgehead atoms. The van der Waals surface area contributed by atoms with E-state index in [-0.39, 0.29) is 5.69 Å². The molecule has 16 heavy (non-hydrogen) atoms. The molecule has 1 N–H and O–H groups in total. The average molecular weight is 224 g/mol. The molecule has 0 fully saturated rings. The molecule has 0 aliphatic rings. The number of nitrogens with one attached hydrogen (secondary N) is 1. The normalized spacial score (nSPS) is 10.1. The highest BCUT2D eigenvalue weighted by atomic mass is 16.6. The molecule has 0 saturated carbocycles. The Balaban J connectivity index is 2.61. The third kappa shape index (κ3) is 3.51. The van der Waals surface area contributed by atoms with Crippen molar-refractivity contribution in [2.45, 2.75) is 13.8 Å². The van der Waals surface area contributed by atoms with Crippen molar-refractivity contribution in [3.05, 3.63) is 33.9 Å². The summed E-state index contributed by atoms with van der Waals surface area (Å²) in [6, 6.07) is 4.90. The van der Waals surface area contributed by atoms with Crippen molar-refractivity contribution in [2.75, 3.05) is 19.7 Å². The van der Waals surface area contributed by atoms with E-state index >= 15 is 0 Å². The van der Waals surface area contributed by atoms with Gasteiger partial charge in [0.05, 0.1) is 11.0 Å². The Morgan fingerprint density at radius 2 is 2.25 bits per heavy atom. The molecule has 0 unspecified atom stereocenters. The van der Waals surface area contributed by atoms with Crippen LogP contribution in [-0.4, -0.2) is 24.6 Å². The molecule has 5 heteroatoms. The van der Waals surface area contributed by atoms with Gasteiger partial charge in [0, 0.05) is 12.1 Å². The van der Waals surface area contributed by atoms with E-state index in [1.807, 2.05) is 6.92 Å². The van der Waals surface area contributed by atoms with Crippen molar-refractivity contribution in [3.8, 4) is 5.75 Å². The second-order valence-corrected chi connectivity index (χ2v) is 3.41. The summed E-state index contributed by atoms with van der Waals surface area (Å²) in [4.78, 5) is 10.3. The first-order chi connectivity index (χ1) is 7.65. The maximum absolute atomic E-state index is 10.7. The highest BCUT2D eigenvalue weighted by molar-refractivity contribution is 5.45. The van der Waals surface area contributed by atoms with Crippen molar-refractivity contribution in [3.63, 3.8) is 0 Å². The molecule has 0 aliphatic carbocycles. The fourth-order valence-electron chi connectivity index (χ4n) is 1.29. The number of hydrogen-bond acceptors (Lipinski definition) is 4. The average Bonchev–Trinajstić information content (AvgIpc) is 2.26. The lowest BCUT2D eigenvalue weighted by Gasteiger charge is -2.06. The van der Waals surface area contributed by atoms with Gasteiger partial charge in [-0.05, 0) is 25.6 Å². The predicted octanol–water partition coefficient (Wildman–Crippen LogP) is 1.89. The predicted molar refractivity (Wildman–Crippen MR) is 61.9 cm³/mol. The van der Waals surface area contributed by atoms with E-state index in [1.165, 1.54) is 6.07 Å². The van der Waals surface area contributed by atoms with Gasteiger partial charge in [0.2, 0.25) is 0 Å². The van der Waals surface area contributed by atoms with Crippen LogP contribution >= 0.6 is 0 Å². The minimum Gasteiger partial charge on any atom is -0.492 e. The molecule has 88 valence electrons. The molecule has 0 heterocycles. The fraction of sp³-hybridized carbons (Fsp3) is 0.455. The van der Waals surface area contributed by atoms with Crippen molar-refractivity contribution >= 4 is 5.69 Å². The maximum Gasteiger partial charge on any atom is 0.276 e. The smallest absolute Gasteiger partial charge is 0.276 e. The van der Waals surface area contributed by atoms with Crippen molar-refractivity contribution in [2.24, 2.45) is 0 Å². The van der Waals surface area contributed by atoms with Gasteiger partial charge < -0.3 is 10.1 Å². The van der Waals surface area contributed by atoms with Crippen molar-refractivity contribution in [1.29, 1.82) is 0 Å². The minimum atomic E-state index is -0.396. The first-order valence-electron chi connectivity index (χ1n) is 5.23. The van der Waals surface area contributed by atoms with Gasteiger partial charge in [-0.25, -0.2) is 0 Å². The van der Waals surface area contributed by atoms with Crippen molar-refractivity contribution < 1.29 is 9.66 Å². The zero-order valence-electron chi connectivity index (χ0n) is 9.53. The summed E-state index contributed by atoms with van der Waals surface area (Å²) >= 11 is 0. The summed E-state index contributed by atoms with van der Waals surface area (Å²) in [5.41, 5.74) is 0.741. The minimum absolute atomic E-state index is 0.0981. The van der Waals surface area contributed by atoms with Gasteiger partial charge in [-0.2, -0.15) is 0 Å². The van der Waals surface area contributed by atoms with Crippen LogP contribution in [0.15, 0.2) is 18.2 Å². The van der Waals surface area contributed by atoms with E-state index in [4.69, 9.17) is 4.74 Å². The van der Waals surface area contributed by atoms with Gasteiger partial charge in [0.15, 0.2) is 0 Å². The lowest BCUT2D eigenvalue weighted by Crippen LogP contribution is -2.20. The van der Waals surface area contributed by atoms with Crippen molar-refractivity contribution in [1.82, 2.24) is 5.32 Å². The largest absolute Gasteiger partial charge is 0.492 e. The van der Waals surface area contributed by atoms with E-state index in [1.54, 1.807) is 19.1 Å². The number of ether oxygens (including phenoxy) is 1. The second kappa shape index (κ2) is 6.07. The van der Waals surface area contributed by atoms with Gasteiger partial charge in [-0.3, -0.25) is 10.1 Å². The van der Waals surface area contributed by atoms with Gasteiger partial charge in [-0.1, -0.05) is 6.92 Å². The summed E-state index contributed by atoms with van der Waals surface area (Å²) in [6.45, 7) is 5.85. The molecule has 0 atom stereocenters. The molecular formula is C11H16N2O3. The number of likely N-dealkylation sites (N-methyl/N-ethyl adjacent to an activating group) is 1. The number of rotatable bonds is 6. The number of nitro benzene ring substituents is 1. The Morgan fingerprint density at radius 3 is 2.88 bits per heavy atom. The topological polar surface area (TPSA) is 64.4 Å². The molecule has 0 radical (unpaired) electrons. The van der Waals surface area contributed by atoms with E-state index < -0.39 is 4.92 Å². The Morgan fingerprint density at radius 1 is 1.50 bits per heavy atom. The summed E-state index contributed by atoms with van der Waals surface area (Å²) in [7, 11) is 0. The highest BCUT2D eigenvalue weighted by Gasteiger charge is 2.11. The van der Waals surface area contributed by atoms with Crippen LogP contribution in [-0.2, 0) is 0 Å². The van der Waals surface area contributed by atoms with E-state index in [2.05, 4.69) is 5.32 Å². The molecule has 0 saturated heterocycles. The first-order valence-corrected chi connectivity index (χ1v) is 5.23. The SMILES string of the molecule is CCNCCOc1ccc(C)c([N+](=O)[O-])c1. The van der Waals surface area contributed by atoms with E-state index in [9.17, 15) is 10.1 Å². The molecule has 1 rings (SSSR count). The molecule has 5 nitrogen and oxygen atoms in total. The maximum atomic E-state index is 10.7. The van der Waals surface area contributed by atoms with Crippen LogP contribution in [0, 0.1) is 17.0 Å². The Hall–Kier alpha value is -1.62. The van der Waals surface area contributed by atoms with Crippen LogP contribution in [0.3, 0.4) is 0 Å². The third-order valence-corrected chi connectivity index (χ3v) is 2.17. The monoisotopic (exact) mass is 224 g/mol. The Bertz CT molecular complexity index is 366. The lowest BCUT2D eigenvalue weighted by molar-refractivity contribution is -0.385. The van der Waals surface area contributed by atoms with Crippen LogP contribution in [0.2, 0.25) is 0 Å². The molecule has 0 amide bonds. The highest BCUT2D eigenvalue weighted by Crippen LogP contribution is 2.23. The molecule has 1 aromatic carbocycles. The van der Waals surface area contributed by atoms with Gasteiger partial charge in [0.25, 0.3) is 5.69 Å². The number of aryl methyl sites for hydroxylation is 1. The number of hydrogen-bond donors (Lipinski definition) is 1. The van der Waals surface area contributed by atoms with E-state index in [0.29, 0.717) is 17.9 Å². The van der Waals surface area contributed by atoms with Crippen LogP contribution < -0.4 is 10.1 Å². The zero-order chi connectivity index (χ0) is 12.0. The van der Waals surface area contributed by atoms with Gasteiger partial charge in [0.1, 0.15) is 12.4 Å². The molecule has 0 spiro atoms. The van der Waals surface area contributed by atoms with Crippen LogP contribution in [0.1, 0.15) is 12.5 Å². The molecular weight excluding hydrogens is 208 g/mol. The Labute approximate surface area is 94.6 Å². The number of nitrogens with zero attached hydrogens (tertiary/aromatic N) is 1. The molecule has 0 aromatic heterocycles. The van der Waals surface area contributed by atoms with Crippen LogP contribution in [0.5, 0.6) is 5.75 Å². The van der Waals surface area contributed by atoms with Gasteiger partial charge >= 0.3 is 0 Å². The lowest BCUT2D eigenvalue weighted by atomic mass is 10.2. The van der Waals surface area contributed by atoms with E-state index in [0.717, 1.165) is 13.1 Å². The standard InChI is InChI=1S/C11H16N2O3/c1-3-12-6-7-16-10-5-4-9(2)11(8-10)13(14)15/h4-5,8,12H,3,6-7H2,1-2H3. The Kier molecular flexibility index (Phi) is 4.72. The second-order valence-electron chi connectivity index (χ2n) is 3.41. The third-order valence-electron chi connectivity index (χ3n) is 2.17. The zero-order valence-corrected chi connectivity index (χ0v) is 9.53. The van der Waals surface area contributed by atoms with Crippen LogP contribution in [0.4, 0.5) is 5.69 Å². The summed E-state index contributed by atoms with van der Waals surface area (Å²) in [6.07, 6.45) is 0. The number of nitro groups is 1. The van der Waals surface area contributed by atoms with Gasteiger partial charge in [-0.15, -0.1) is 0 Å². The quantitative estimate of drug-likeness (QED) is 0.455. The fourth-order valence-corrected chi connectivity index (χ4v) is 1.29. The summed E-state index contributed by atoms with van der Waals surface area (Å²) in [5, 5.41) is 13.8. The molecule has 0 aliphatic heterocycles. The summed E-state index contributed by atoms with van der Waals surface area (Å²) < 4.78 is 5.39. The number of benzene rings is 1. The summed E-state index contributed by atoms with van der Waals surface area (Å²) in [5.74, 6) is 0.537. The van der Waals surface area contributed by atoms with Crippen LogP contribution in [0.25, 0.3) is 0 Å².